The van der Waals surface area contributed by atoms with Crippen LogP contribution < -0.4 is 15.4 Å². The van der Waals surface area contributed by atoms with E-state index in [9.17, 15) is 14.7 Å². The molecule has 3 N–H and O–H groups in total. The first-order valence-corrected chi connectivity index (χ1v) is 10.4. The van der Waals surface area contributed by atoms with Crippen LogP contribution in [0.5, 0.6) is 11.5 Å². The molecule has 1 aromatic rings. The van der Waals surface area contributed by atoms with Crippen molar-refractivity contribution in [1.82, 2.24) is 10.6 Å². The maximum Gasteiger partial charge on any atom is 0.338 e. The fourth-order valence-electron chi connectivity index (χ4n) is 3.95. The number of ether oxygens (including phenoxy) is 2. The van der Waals surface area contributed by atoms with Gasteiger partial charge in [-0.2, -0.15) is 0 Å². The molecule has 2 aliphatic rings. The summed E-state index contributed by atoms with van der Waals surface area (Å²) in [6, 6.07) is 3.75. The summed E-state index contributed by atoms with van der Waals surface area (Å²) in [5, 5.41) is 15.4. The van der Waals surface area contributed by atoms with Crippen molar-refractivity contribution in [3.8, 4) is 11.5 Å². The van der Waals surface area contributed by atoms with Crippen molar-refractivity contribution in [2.45, 2.75) is 70.9 Å². The minimum Gasteiger partial charge on any atom is -0.504 e. The highest BCUT2D eigenvalue weighted by Gasteiger charge is 2.33. The second kappa shape index (κ2) is 9.67. The minimum atomic E-state index is -0.676. The summed E-state index contributed by atoms with van der Waals surface area (Å²) in [6.45, 7) is 3.91. The van der Waals surface area contributed by atoms with E-state index in [2.05, 4.69) is 10.6 Å². The quantitative estimate of drug-likeness (QED) is 0.645. The molecule has 29 heavy (non-hydrogen) atoms. The predicted octanol–water partition coefficient (Wildman–Crippen LogP) is 4.07. The number of hydrogen-bond donors (Lipinski definition) is 3. The maximum atomic E-state index is 13.1. The number of aromatic hydroxyl groups is 1. The molecule has 1 heterocycles. The Morgan fingerprint density at radius 3 is 2.55 bits per heavy atom. The molecule has 0 unspecified atom stereocenters. The van der Waals surface area contributed by atoms with Crippen LogP contribution in [0.25, 0.3) is 0 Å². The Balaban J connectivity index is 1.85. The number of benzene rings is 1. The summed E-state index contributed by atoms with van der Waals surface area (Å²) in [7, 11) is 0. The lowest BCUT2D eigenvalue weighted by Crippen LogP contribution is -2.45. The molecule has 3 rings (SSSR count). The lowest BCUT2D eigenvalue weighted by Gasteiger charge is -2.30. The molecule has 7 nitrogen and oxygen atoms in total. The molecule has 0 bridgehead atoms. The Bertz CT molecular complexity index is 781. The number of phenolic OH excluding ortho intramolecular Hbond substituents is 1. The number of rotatable bonds is 5. The standard InChI is InChI=1S/C22H30N2O5/c1-3-28-18-13-15(11-12-17(18)25)20-19(14(2)23-22(27)24-20)21(26)29-16-9-7-5-4-6-8-10-16/h11-13,16,20,25H,3-10H2,1-2H3,(H2,23,24,27)/t20-/m1/s1. The fraction of sp³-hybridized carbons (Fsp3) is 0.545. The van der Waals surface area contributed by atoms with Gasteiger partial charge in [0.05, 0.1) is 18.2 Å². The number of allylic oxidation sites excluding steroid dienone is 1. The Morgan fingerprint density at radius 2 is 1.86 bits per heavy atom. The van der Waals surface area contributed by atoms with E-state index in [-0.39, 0.29) is 17.9 Å². The second-order valence-electron chi connectivity index (χ2n) is 7.60. The van der Waals surface area contributed by atoms with Gasteiger partial charge in [-0.15, -0.1) is 0 Å². The van der Waals surface area contributed by atoms with Crippen molar-refractivity contribution in [2.75, 3.05) is 6.61 Å². The monoisotopic (exact) mass is 402 g/mol. The van der Waals surface area contributed by atoms with Gasteiger partial charge in [0.1, 0.15) is 6.10 Å². The summed E-state index contributed by atoms with van der Waals surface area (Å²) in [5.74, 6) is -0.102. The predicted molar refractivity (Wildman–Crippen MR) is 109 cm³/mol. The Kier molecular flexibility index (Phi) is 7.01. The van der Waals surface area contributed by atoms with Crippen molar-refractivity contribution in [1.29, 1.82) is 0 Å². The first-order chi connectivity index (χ1) is 14.0. The maximum absolute atomic E-state index is 13.1. The smallest absolute Gasteiger partial charge is 0.338 e. The molecule has 158 valence electrons. The molecule has 1 aliphatic carbocycles. The zero-order valence-electron chi connectivity index (χ0n) is 17.1. The topological polar surface area (TPSA) is 96.9 Å². The average Bonchev–Trinajstić information content (AvgIpc) is 2.65. The van der Waals surface area contributed by atoms with E-state index < -0.39 is 12.0 Å². The van der Waals surface area contributed by atoms with Crippen molar-refractivity contribution in [3.63, 3.8) is 0 Å². The number of phenols is 1. The highest BCUT2D eigenvalue weighted by atomic mass is 16.5. The van der Waals surface area contributed by atoms with Crippen LogP contribution in [0.15, 0.2) is 29.5 Å². The molecule has 1 saturated carbocycles. The molecule has 2 amide bonds. The lowest BCUT2D eigenvalue weighted by molar-refractivity contribution is -0.145. The molecule has 1 aliphatic heterocycles. The molecule has 0 radical (unpaired) electrons. The molecule has 0 aromatic heterocycles. The number of carbonyl (C=O) groups excluding carboxylic acids is 2. The SMILES string of the molecule is CCOc1cc([C@H]2NC(=O)NC(C)=C2C(=O)OC2CCCCCCC2)ccc1O. The first kappa shape index (κ1) is 21.0. The number of amides is 2. The fourth-order valence-corrected chi connectivity index (χ4v) is 3.95. The van der Waals surface area contributed by atoms with Gasteiger partial charge in [0.15, 0.2) is 11.5 Å². The van der Waals surface area contributed by atoms with Crippen LogP contribution >= 0.6 is 0 Å². The Hall–Kier alpha value is -2.70. The highest BCUT2D eigenvalue weighted by Crippen LogP contribution is 2.34. The lowest BCUT2D eigenvalue weighted by atomic mass is 9.94. The Labute approximate surface area is 171 Å². The van der Waals surface area contributed by atoms with Crippen molar-refractivity contribution < 1.29 is 24.2 Å². The minimum absolute atomic E-state index is 0.00945. The van der Waals surface area contributed by atoms with Crippen molar-refractivity contribution >= 4 is 12.0 Å². The van der Waals surface area contributed by atoms with Crippen LogP contribution in [-0.4, -0.2) is 29.8 Å². The van der Waals surface area contributed by atoms with Gasteiger partial charge in [0, 0.05) is 5.70 Å². The largest absolute Gasteiger partial charge is 0.504 e. The van der Waals surface area contributed by atoms with Crippen LogP contribution in [0.4, 0.5) is 4.79 Å². The van der Waals surface area contributed by atoms with Gasteiger partial charge in [-0.05, 0) is 57.2 Å². The van der Waals surface area contributed by atoms with Gasteiger partial charge in [0.25, 0.3) is 0 Å². The molecule has 1 fully saturated rings. The van der Waals surface area contributed by atoms with Crippen molar-refractivity contribution in [3.05, 3.63) is 35.0 Å². The third-order valence-electron chi connectivity index (χ3n) is 5.43. The average molecular weight is 402 g/mol. The molecule has 0 saturated heterocycles. The zero-order valence-corrected chi connectivity index (χ0v) is 17.1. The van der Waals surface area contributed by atoms with E-state index in [0.717, 1.165) is 25.7 Å². The summed E-state index contributed by atoms with van der Waals surface area (Å²) in [6.07, 6.45) is 7.35. The van der Waals surface area contributed by atoms with E-state index in [1.165, 1.54) is 25.3 Å². The van der Waals surface area contributed by atoms with E-state index in [1.54, 1.807) is 19.1 Å². The van der Waals surface area contributed by atoms with Gasteiger partial charge in [0.2, 0.25) is 0 Å². The number of nitrogens with one attached hydrogen (secondary N) is 2. The van der Waals surface area contributed by atoms with Crippen molar-refractivity contribution in [2.24, 2.45) is 0 Å². The van der Waals surface area contributed by atoms with Gasteiger partial charge in [-0.3, -0.25) is 0 Å². The van der Waals surface area contributed by atoms with E-state index in [0.29, 0.717) is 29.2 Å². The zero-order chi connectivity index (χ0) is 20.8. The highest BCUT2D eigenvalue weighted by molar-refractivity contribution is 5.95. The van der Waals surface area contributed by atoms with Crippen LogP contribution in [0.2, 0.25) is 0 Å². The summed E-state index contributed by atoms with van der Waals surface area (Å²) < 4.78 is 11.3. The number of carbonyl (C=O) groups is 2. The van der Waals surface area contributed by atoms with Crippen LogP contribution in [0.3, 0.4) is 0 Å². The normalized spacial score (nSPS) is 20.9. The van der Waals surface area contributed by atoms with Crippen LogP contribution in [-0.2, 0) is 9.53 Å². The van der Waals surface area contributed by atoms with Gasteiger partial charge < -0.3 is 25.2 Å². The number of urea groups is 1. The van der Waals surface area contributed by atoms with E-state index in [4.69, 9.17) is 9.47 Å². The molecule has 0 spiro atoms. The summed E-state index contributed by atoms with van der Waals surface area (Å²) in [5.41, 5.74) is 1.49. The summed E-state index contributed by atoms with van der Waals surface area (Å²) in [4.78, 5) is 25.2. The number of hydrogen-bond acceptors (Lipinski definition) is 5. The van der Waals surface area contributed by atoms with E-state index >= 15 is 0 Å². The number of esters is 1. The van der Waals surface area contributed by atoms with Crippen LogP contribution in [0, 0.1) is 0 Å². The van der Waals surface area contributed by atoms with E-state index in [1.807, 2.05) is 6.92 Å². The molecule has 1 atom stereocenters. The third kappa shape index (κ3) is 5.22. The van der Waals surface area contributed by atoms with Crippen LogP contribution in [0.1, 0.15) is 70.4 Å². The Morgan fingerprint density at radius 1 is 1.17 bits per heavy atom. The molecular formula is C22H30N2O5. The third-order valence-corrected chi connectivity index (χ3v) is 5.43. The summed E-state index contributed by atoms with van der Waals surface area (Å²) >= 11 is 0. The first-order valence-electron chi connectivity index (χ1n) is 10.4. The molecule has 7 heteroatoms. The molecular weight excluding hydrogens is 372 g/mol. The second-order valence-corrected chi connectivity index (χ2v) is 7.60. The molecule has 1 aromatic carbocycles. The van der Waals surface area contributed by atoms with Gasteiger partial charge in [-0.25, -0.2) is 9.59 Å². The van der Waals surface area contributed by atoms with Gasteiger partial charge >= 0.3 is 12.0 Å². The van der Waals surface area contributed by atoms with Gasteiger partial charge in [-0.1, -0.05) is 25.3 Å².